The van der Waals surface area contributed by atoms with Crippen LogP contribution in [-0.2, 0) is 14.4 Å². The summed E-state index contributed by atoms with van der Waals surface area (Å²) in [4.78, 5) is 34.9. The van der Waals surface area contributed by atoms with Gasteiger partial charge in [0.1, 0.15) is 17.7 Å². The van der Waals surface area contributed by atoms with Crippen LogP contribution in [0.3, 0.4) is 0 Å². The molecule has 2 saturated heterocycles. The lowest BCUT2D eigenvalue weighted by atomic mass is 9.89. The lowest BCUT2D eigenvalue weighted by Gasteiger charge is -2.30. The van der Waals surface area contributed by atoms with Crippen LogP contribution in [0.1, 0.15) is 18.5 Å². The molecule has 0 aliphatic carbocycles. The van der Waals surface area contributed by atoms with E-state index in [1.165, 1.54) is 26.2 Å². The van der Waals surface area contributed by atoms with Crippen molar-refractivity contribution in [2.75, 3.05) is 37.9 Å². The maximum atomic E-state index is 13.9. The summed E-state index contributed by atoms with van der Waals surface area (Å²) in [6.07, 6.45) is -1.01. The van der Waals surface area contributed by atoms with Gasteiger partial charge in [-0.1, -0.05) is 18.2 Å². The Kier molecular flexibility index (Phi) is 6.62. The predicted molar refractivity (Wildman–Crippen MR) is 136 cm³/mol. The quantitative estimate of drug-likeness (QED) is 0.423. The second-order valence-corrected chi connectivity index (χ2v) is 8.52. The van der Waals surface area contributed by atoms with E-state index >= 15 is 0 Å². The second-order valence-electron chi connectivity index (χ2n) is 8.52. The SMILES string of the molecule is CCOc1ccc(N2C(=O)[C@@H]3[C@H](ON(c4ccccc4)[C@@H]3c3ccc(OC)c(OC)c3OC)C2=O)cc1. The number of amides is 2. The third kappa shape index (κ3) is 4.01. The average Bonchev–Trinajstić information content (AvgIpc) is 3.44. The van der Waals surface area contributed by atoms with Crippen molar-refractivity contribution in [3.63, 3.8) is 0 Å². The minimum atomic E-state index is -1.01. The Balaban J connectivity index is 1.61. The van der Waals surface area contributed by atoms with Gasteiger partial charge in [-0.3, -0.25) is 14.4 Å². The van der Waals surface area contributed by atoms with Gasteiger partial charge in [0.25, 0.3) is 5.91 Å². The number of methoxy groups -OCH3 is 3. The molecule has 0 N–H and O–H groups in total. The molecular formula is C28H28N2O7. The third-order valence-electron chi connectivity index (χ3n) is 6.59. The smallest absolute Gasteiger partial charge is 0.266 e. The molecule has 0 spiro atoms. The highest BCUT2D eigenvalue weighted by atomic mass is 16.7. The third-order valence-corrected chi connectivity index (χ3v) is 6.59. The lowest BCUT2D eigenvalue weighted by molar-refractivity contribution is -0.126. The molecule has 192 valence electrons. The number of rotatable bonds is 8. The summed E-state index contributed by atoms with van der Waals surface area (Å²) in [7, 11) is 4.58. The van der Waals surface area contributed by atoms with E-state index in [1.807, 2.05) is 43.3 Å². The molecule has 0 unspecified atom stereocenters. The van der Waals surface area contributed by atoms with Crippen molar-refractivity contribution < 1.29 is 33.4 Å². The number of nitrogens with zero attached hydrogens (tertiary/aromatic N) is 2. The van der Waals surface area contributed by atoms with Crippen LogP contribution in [0.15, 0.2) is 66.7 Å². The number of imide groups is 1. The van der Waals surface area contributed by atoms with Crippen LogP contribution in [0, 0.1) is 5.92 Å². The van der Waals surface area contributed by atoms with E-state index in [0.717, 1.165) is 0 Å². The molecule has 2 heterocycles. The van der Waals surface area contributed by atoms with Crippen LogP contribution >= 0.6 is 0 Å². The van der Waals surface area contributed by atoms with Gasteiger partial charge in [0.2, 0.25) is 11.7 Å². The van der Waals surface area contributed by atoms with Crippen molar-refractivity contribution in [3.05, 3.63) is 72.3 Å². The van der Waals surface area contributed by atoms with E-state index in [4.69, 9.17) is 23.8 Å². The molecule has 9 heteroatoms. The Hall–Kier alpha value is -4.24. The van der Waals surface area contributed by atoms with Crippen molar-refractivity contribution in [2.24, 2.45) is 5.92 Å². The Morgan fingerprint density at radius 1 is 0.784 bits per heavy atom. The number of anilines is 2. The van der Waals surface area contributed by atoms with E-state index in [9.17, 15) is 9.59 Å². The molecule has 2 aliphatic heterocycles. The molecule has 3 atom stereocenters. The van der Waals surface area contributed by atoms with E-state index in [0.29, 0.717) is 46.5 Å². The molecule has 3 aromatic rings. The van der Waals surface area contributed by atoms with Crippen LogP contribution in [0.2, 0.25) is 0 Å². The summed E-state index contributed by atoms with van der Waals surface area (Å²) >= 11 is 0. The van der Waals surface area contributed by atoms with Crippen LogP contribution < -0.4 is 28.9 Å². The van der Waals surface area contributed by atoms with E-state index in [-0.39, 0.29) is 5.91 Å². The van der Waals surface area contributed by atoms with Crippen LogP contribution in [0.25, 0.3) is 0 Å². The number of carbonyl (C=O) groups is 2. The highest BCUT2D eigenvalue weighted by Crippen LogP contribution is 2.52. The van der Waals surface area contributed by atoms with Gasteiger partial charge in [0.15, 0.2) is 17.6 Å². The molecule has 3 aromatic carbocycles. The number of ether oxygens (including phenoxy) is 4. The maximum absolute atomic E-state index is 13.9. The molecular weight excluding hydrogens is 476 g/mol. The molecule has 2 amide bonds. The van der Waals surface area contributed by atoms with Gasteiger partial charge in [0, 0.05) is 5.56 Å². The summed E-state index contributed by atoms with van der Waals surface area (Å²) in [5.41, 5.74) is 1.79. The Bertz CT molecular complexity index is 1300. The van der Waals surface area contributed by atoms with Crippen LogP contribution in [0.5, 0.6) is 23.0 Å². The van der Waals surface area contributed by atoms with Crippen LogP contribution in [-0.4, -0.2) is 45.9 Å². The van der Waals surface area contributed by atoms with Gasteiger partial charge >= 0.3 is 0 Å². The zero-order chi connectivity index (χ0) is 26.1. The van der Waals surface area contributed by atoms with Gasteiger partial charge in [0.05, 0.1) is 39.3 Å². The number of benzene rings is 3. The van der Waals surface area contributed by atoms with Gasteiger partial charge in [-0.15, -0.1) is 0 Å². The van der Waals surface area contributed by atoms with E-state index < -0.39 is 24.0 Å². The molecule has 2 fully saturated rings. The molecule has 0 bridgehead atoms. The van der Waals surface area contributed by atoms with Crippen molar-refractivity contribution in [3.8, 4) is 23.0 Å². The summed E-state index contributed by atoms with van der Waals surface area (Å²) in [5, 5.41) is 1.62. The standard InChI is InChI=1S/C28H28N2O7/c1-5-36-19-13-11-17(12-14-19)29-27(31)22-23(20-15-16-21(33-2)25(35-4)24(20)34-3)30(37-26(22)28(29)32)18-9-7-6-8-10-18/h6-16,22-23,26H,5H2,1-4H3/t22-,23+,26-/m0/s1. The van der Waals surface area contributed by atoms with E-state index in [2.05, 4.69) is 0 Å². The van der Waals surface area contributed by atoms with Gasteiger partial charge in [-0.25, -0.2) is 9.96 Å². The highest BCUT2D eigenvalue weighted by Gasteiger charge is 2.61. The minimum absolute atomic E-state index is 0.362. The number of fused-ring (bicyclic) bond motifs is 1. The molecule has 2 aliphatic rings. The monoisotopic (exact) mass is 504 g/mol. The van der Waals surface area contributed by atoms with Crippen molar-refractivity contribution in [2.45, 2.75) is 19.1 Å². The van der Waals surface area contributed by atoms with Crippen molar-refractivity contribution in [1.82, 2.24) is 0 Å². The zero-order valence-corrected chi connectivity index (χ0v) is 21.0. The fraction of sp³-hybridized carbons (Fsp3) is 0.286. The molecule has 9 nitrogen and oxygen atoms in total. The lowest BCUT2D eigenvalue weighted by Crippen LogP contribution is -2.37. The summed E-state index contributed by atoms with van der Waals surface area (Å²) < 4.78 is 22.3. The fourth-order valence-electron chi connectivity index (χ4n) is 5.00. The first kappa shape index (κ1) is 24.5. The fourth-order valence-corrected chi connectivity index (χ4v) is 5.00. The van der Waals surface area contributed by atoms with Gasteiger partial charge < -0.3 is 18.9 Å². The summed E-state index contributed by atoms with van der Waals surface area (Å²) in [6, 6.07) is 19.1. The highest BCUT2D eigenvalue weighted by molar-refractivity contribution is 6.24. The predicted octanol–water partition coefficient (Wildman–Crippen LogP) is 4.16. The molecule has 0 aromatic heterocycles. The largest absolute Gasteiger partial charge is 0.494 e. The first-order chi connectivity index (χ1) is 18.0. The zero-order valence-electron chi connectivity index (χ0n) is 21.0. The van der Waals surface area contributed by atoms with Gasteiger partial charge in [-0.2, -0.15) is 0 Å². The number of hydrogen-bond donors (Lipinski definition) is 0. The van der Waals surface area contributed by atoms with Crippen molar-refractivity contribution in [1.29, 1.82) is 0 Å². The van der Waals surface area contributed by atoms with Crippen molar-refractivity contribution >= 4 is 23.2 Å². The second kappa shape index (κ2) is 10.0. The maximum Gasteiger partial charge on any atom is 0.266 e. The Labute approximate surface area is 215 Å². The number of para-hydroxylation sites is 1. The molecule has 0 radical (unpaired) electrons. The van der Waals surface area contributed by atoms with E-state index in [1.54, 1.807) is 35.4 Å². The van der Waals surface area contributed by atoms with Gasteiger partial charge in [-0.05, 0) is 55.5 Å². The number of hydroxylamine groups is 1. The Morgan fingerprint density at radius 3 is 2.11 bits per heavy atom. The summed E-state index contributed by atoms with van der Waals surface area (Å²) in [6.45, 7) is 2.41. The summed E-state index contributed by atoms with van der Waals surface area (Å²) in [5.74, 6) is 0.309. The minimum Gasteiger partial charge on any atom is -0.494 e. The first-order valence-electron chi connectivity index (χ1n) is 11.9. The number of carbonyl (C=O) groups excluding carboxylic acids is 2. The molecule has 5 rings (SSSR count). The topological polar surface area (TPSA) is 86.8 Å². The first-order valence-corrected chi connectivity index (χ1v) is 11.9. The normalized spacial score (nSPS) is 20.7. The number of hydrogen-bond acceptors (Lipinski definition) is 8. The molecule has 37 heavy (non-hydrogen) atoms. The average molecular weight is 505 g/mol. The Morgan fingerprint density at radius 2 is 1.49 bits per heavy atom. The van der Waals surface area contributed by atoms with Crippen LogP contribution in [0.4, 0.5) is 11.4 Å². The molecule has 0 saturated carbocycles.